The zero-order valence-corrected chi connectivity index (χ0v) is 29.0. The van der Waals surface area contributed by atoms with E-state index in [1.165, 1.54) is 5.56 Å². The first kappa shape index (κ1) is 33.3. The summed E-state index contributed by atoms with van der Waals surface area (Å²) >= 11 is 14.4. The Morgan fingerprint density at radius 3 is 1.71 bits per heavy atom. The van der Waals surface area contributed by atoms with Gasteiger partial charge in [0.15, 0.2) is 0 Å². The third-order valence-electron chi connectivity index (χ3n) is 5.60. The lowest BCUT2D eigenvalue weighted by molar-refractivity contribution is -0.124. The van der Waals surface area contributed by atoms with Gasteiger partial charge in [-0.15, -0.1) is 0 Å². The predicted octanol–water partition coefficient (Wildman–Crippen LogP) is 7.11. The van der Waals surface area contributed by atoms with E-state index in [9.17, 15) is 4.79 Å². The number of nitrogens with zero attached hydrogens (tertiary/aromatic N) is 3. The molecule has 0 saturated heterocycles. The molecule has 0 heterocycles. The number of amides is 1. The van der Waals surface area contributed by atoms with Crippen molar-refractivity contribution in [2.75, 3.05) is 68.1 Å². The first-order valence-electron chi connectivity index (χ1n) is 12.4. The van der Waals surface area contributed by atoms with E-state index in [4.69, 9.17) is 9.47 Å². The van der Waals surface area contributed by atoms with E-state index in [1.54, 1.807) is 18.0 Å². The fraction of sp³-hybridized carbons (Fsp3) is 0.464. The molecule has 38 heavy (non-hydrogen) atoms. The molecule has 2 aromatic carbocycles. The second-order valence-electron chi connectivity index (χ2n) is 9.56. The van der Waals surface area contributed by atoms with Crippen molar-refractivity contribution in [3.8, 4) is 11.5 Å². The zero-order valence-electron chi connectivity index (χ0n) is 22.7. The minimum absolute atomic E-state index is 0.0612. The molecule has 0 fully saturated rings. The molecule has 0 bridgehead atoms. The molecule has 0 aliphatic carbocycles. The summed E-state index contributed by atoms with van der Waals surface area (Å²) in [6, 6.07) is 8.10. The van der Waals surface area contributed by atoms with Gasteiger partial charge in [-0.25, -0.2) is 0 Å². The zero-order chi connectivity index (χ0) is 28.2. The maximum atomic E-state index is 12.6. The third kappa shape index (κ3) is 11.7. The number of carbonyl (C=O) groups excluding carboxylic acids is 1. The predicted molar refractivity (Wildman–Crippen MR) is 171 cm³/mol. The minimum atomic E-state index is -0.0612. The van der Waals surface area contributed by atoms with Crippen LogP contribution in [0.2, 0.25) is 0 Å². The van der Waals surface area contributed by atoms with Crippen molar-refractivity contribution in [2.45, 2.75) is 19.3 Å². The number of hydrogen-bond acceptors (Lipinski definition) is 5. The highest BCUT2D eigenvalue weighted by Crippen LogP contribution is 2.36. The van der Waals surface area contributed by atoms with E-state index < -0.39 is 0 Å². The molecule has 10 heteroatoms. The van der Waals surface area contributed by atoms with Gasteiger partial charge in [0.05, 0.1) is 31.1 Å². The smallest absolute Gasteiger partial charge is 0.246 e. The maximum absolute atomic E-state index is 12.6. The van der Waals surface area contributed by atoms with Crippen LogP contribution in [0.1, 0.15) is 24.0 Å². The largest absolute Gasteiger partial charge is 0.491 e. The standard InChI is InChI=1S/C28H37Br4N3O3/c1-33(2)11-6-14-37-27-22(29)16-20(17-23(27)30)8-9-26(36)35(5)12-7-15-38-28-24(31)18-21(19-25(28)32)10-13-34(3)4/h8-9,16-19H,6-7,10-15H2,1-5H3/b9-8+. The fourth-order valence-corrected chi connectivity index (χ4v) is 6.46. The van der Waals surface area contributed by atoms with Crippen LogP contribution >= 0.6 is 63.7 Å². The van der Waals surface area contributed by atoms with Crippen LogP contribution in [0.25, 0.3) is 6.08 Å². The lowest BCUT2D eigenvalue weighted by Gasteiger charge is -2.17. The summed E-state index contributed by atoms with van der Waals surface area (Å²) in [5.41, 5.74) is 2.14. The van der Waals surface area contributed by atoms with Crippen LogP contribution in [0, 0.1) is 0 Å². The van der Waals surface area contributed by atoms with Crippen molar-refractivity contribution in [2.24, 2.45) is 0 Å². The van der Waals surface area contributed by atoms with Crippen molar-refractivity contribution in [1.29, 1.82) is 0 Å². The van der Waals surface area contributed by atoms with Gasteiger partial charge >= 0.3 is 0 Å². The summed E-state index contributed by atoms with van der Waals surface area (Å²) in [7, 11) is 10.0. The Balaban J connectivity index is 1.83. The van der Waals surface area contributed by atoms with E-state index in [-0.39, 0.29) is 5.91 Å². The van der Waals surface area contributed by atoms with Crippen LogP contribution in [0.3, 0.4) is 0 Å². The van der Waals surface area contributed by atoms with Gasteiger partial charge in [-0.05, 0) is 153 Å². The Labute approximate surface area is 261 Å². The monoisotopic (exact) mass is 779 g/mol. The molecule has 0 aliphatic heterocycles. The molecule has 210 valence electrons. The van der Waals surface area contributed by atoms with Gasteiger partial charge < -0.3 is 24.2 Å². The normalized spacial score (nSPS) is 11.6. The molecule has 0 spiro atoms. The highest BCUT2D eigenvalue weighted by Gasteiger charge is 2.12. The highest BCUT2D eigenvalue weighted by atomic mass is 79.9. The van der Waals surface area contributed by atoms with E-state index in [2.05, 4.69) is 99.7 Å². The van der Waals surface area contributed by atoms with Crippen LogP contribution in [-0.4, -0.2) is 88.7 Å². The molecule has 1 amide bonds. The first-order chi connectivity index (χ1) is 18.0. The van der Waals surface area contributed by atoms with Crippen LogP contribution in [-0.2, 0) is 11.2 Å². The molecule has 0 N–H and O–H groups in total. The van der Waals surface area contributed by atoms with Crippen LogP contribution in [0.15, 0.2) is 48.2 Å². The topological polar surface area (TPSA) is 45.3 Å². The Kier molecular flexibility index (Phi) is 14.9. The first-order valence-corrected chi connectivity index (χ1v) is 15.6. The molecule has 2 aromatic rings. The van der Waals surface area contributed by atoms with E-state index in [0.717, 1.165) is 60.9 Å². The lowest BCUT2D eigenvalue weighted by atomic mass is 10.1. The molecular weight excluding hydrogens is 746 g/mol. The van der Waals surface area contributed by atoms with Gasteiger partial charge in [-0.1, -0.05) is 0 Å². The van der Waals surface area contributed by atoms with E-state index in [1.807, 2.05) is 32.3 Å². The summed E-state index contributed by atoms with van der Waals surface area (Å²) in [6.07, 6.45) is 6.03. The highest BCUT2D eigenvalue weighted by molar-refractivity contribution is 9.11. The van der Waals surface area contributed by atoms with Gasteiger partial charge in [-0.3, -0.25) is 4.79 Å². The molecular formula is C28H37Br4N3O3. The Hall–Kier alpha value is -0.910. The van der Waals surface area contributed by atoms with Crippen molar-refractivity contribution >= 4 is 75.7 Å². The number of benzene rings is 2. The summed E-state index contributed by atoms with van der Waals surface area (Å²) in [5.74, 6) is 1.49. The molecule has 0 aliphatic rings. The molecule has 0 unspecified atom stereocenters. The van der Waals surface area contributed by atoms with Gasteiger partial charge in [0.1, 0.15) is 11.5 Å². The number of rotatable bonds is 15. The number of hydrogen-bond donors (Lipinski definition) is 0. The summed E-state index contributed by atoms with van der Waals surface area (Å²) in [6.45, 7) is 3.68. The SMILES string of the molecule is CN(C)CCCOc1c(Br)cc(/C=C/C(=O)N(C)CCCOc2c(Br)cc(CCN(C)C)cc2Br)cc1Br. The summed E-state index contributed by atoms with van der Waals surface area (Å²) in [5, 5.41) is 0. The van der Waals surface area contributed by atoms with Gasteiger partial charge in [0, 0.05) is 32.8 Å². The van der Waals surface area contributed by atoms with E-state index >= 15 is 0 Å². The second kappa shape index (κ2) is 17.0. The Morgan fingerprint density at radius 1 is 0.737 bits per heavy atom. The van der Waals surface area contributed by atoms with E-state index in [0.29, 0.717) is 26.2 Å². The molecule has 6 nitrogen and oxygen atoms in total. The molecule has 0 saturated carbocycles. The molecule has 0 atom stereocenters. The number of halogens is 4. The van der Waals surface area contributed by atoms with Gasteiger partial charge in [0.25, 0.3) is 0 Å². The van der Waals surface area contributed by atoms with Crippen LogP contribution < -0.4 is 9.47 Å². The van der Waals surface area contributed by atoms with Gasteiger partial charge in [-0.2, -0.15) is 0 Å². The van der Waals surface area contributed by atoms with Crippen LogP contribution in [0.5, 0.6) is 11.5 Å². The quantitative estimate of drug-likeness (QED) is 0.143. The number of likely N-dealkylation sites (N-methyl/N-ethyl adjacent to an activating group) is 2. The fourth-order valence-electron chi connectivity index (χ4n) is 3.50. The van der Waals surface area contributed by atoms with Crippen molar-refractivity contribution in [1.82, 2.24) is 14.7 Å². The van der Waals surface area contributed by atoms with Crippen molar-refractivity contribution < 1.29 is 14.3 Å². The van der Waals surface area contributed by atoms with Gasteiger partial charge in [0.2, 0.25) is 5.91 Å². The van der Waals surface area contributed by atoms with Crippen LogP contribution in [0.4, 0.5) is 0 Å². The molecule has 2 rings (SSSR count). The average molecular weight is 783 g/mol. The second-order valence-corrected chi connectivity index (χ2v) is 13.0. The number of carbonyl (C=O) groups is 1. The minimum Gasteiger partial charge on any atom is -0.491 e. The lowest BCUT2D eigenvalue weighted by Crippen LogP contribution is -2.26. The van der Waals surface area contributed by atoms with Crippen molar-refractivity contribution in [3.05, 3.63) is 59.4 Å². The number of ether oxygens (including phenoxy) is 2. The molecule has 0 aromatic heterocycles. The summed E-state index contributed by atoms with van der Waals surface area (Å²) < 4.78 is 15.5. The van der Waals surface area contributed by atoms with Crippen molar-refractivity contribution in [3.63, 3.8) is 0 Å². The Bertz CT molecular complexity index is 1050. The molecule has 0 radical (unpaired) electrons. The average Bonchev–Trinajstić information content (AvgIpc) is 2.83. The third-order valence-corrected chi connectivity index (χ3v) is 7.96. The maximum Gasteiger partial charge on any atom is 0.246 e. The Morgan fingerprint density at radius 2 is 1.21 bits per heavy atom. The summed E-state index contributed by atoms with van der Waals surface area (Å²) in [4.78, 5) is 18.6.